The maximum Gasteiger partial charge on any atom is 0.227 e. The summed E-state index contributed by atoms with van der Waals surface area (Å²) in [6.45, 7) is 7.03. The van der Waals surface area contributed by atoms with Gasteiger partial charge in [0.1, 0.15) is 0 Å². The fourth-order valence-electron chi connectivity index (χ4n) is 5.40. The number of hydrogen-bond donors (Lipinski definition) is 2. The first-order chi connectivity index (χ1) is 16.8. The van der Waals surface area contributed by atoms with Crippen LogP contribution in [0.15, 0.2) is 24.5 Å². The number of nitrogens with zero attached hydrogens (tertiary/aromatic N) is 5. The lowest BCUT2D eigenvalue weighted by molar-refractivity contribution is -0.00211. The minimum Gasteiger partial charge on any atom is -0.389 e. The lowest BCUT2D eigenvalue weighted by atomic mass is 9.85. The van der Waals surface area contributed by atoms with Crippen molar-refractivity contribution in [3.63, 3.8) is 0 Å². The van der Waals surface area contributed by atoms with Gasteiger partial charge < -0.3 is 15.2 Å². The average molecular weight is 517 g/mol. The van der Waals surface area contributed by atoms with Crippen molar-refractivity contribution in [1.29, 1.82) is 0 Å². The van der Waals surface area contributed by atoms with Gasteiger partial charge in [-0.25, -0.2) is 14.6 Å². The summed E-state index contributed by atoms with van der Waals surface area (Å²) in [5.74, 6) is 0.815. The van der Waals surface area contributed by atoms with Gasteiger partial charge >= 0.3 is 0 Å². The molecule has 0 amide bonds. The number of halogens is 2. The highest BCUT2D eigenvalue weighted by Gasteiger charge is 2.45. The summed E-state index contributed by atoms with van der Waals surface area (Å²) in [6.07, 6.45) is 7.17. The van der Waals surface area contributed by atoms with E-state index in [9.17, 15) is 5.11 Å². The number of fused-ring (bicyclic) bond motifs is 1. The van der Waals surface area contributed by atoms with E-state index in [1.54, 1.807) is 12.4 Å². The highest BCUT2D eigenvalue weighted by Crippen LogP contribution is 2.45. The highest BCUT2D eigenvalue weighted by atomic mass is 35.5. The van der Waals surface area contributed by atoms with Crippen LogP contribution in [0, 0.1) is 0 Å². The zero-order chi connectivity index (χ0) is 24.4. The number of aromatic nitrogens is 4. The summed E-state index contributed by atoms with van der Waals surface area (Å²) in [5, 5.41) is 20.3. The molecule has 0 spiro atoms. The van der Waals surface area contributed by atoms with Crippen LogP contribution in [0.1, 0.15) is 51.0 Å². The zero-order valence-electron chi connectivity index (χ0n) is 20.0. The van der Waals surface area contributed by atoms with Gasteiger partial charge in [0.2, 0.25) is 5.95 Å². The van der Waals surface area contributed by atoms with Gasteiger partial charge in [-0.2, -0.15) is 5.10 Å². The zero-order valence-corrected chi connectivity index (χ0v) is 21.5. The molecule has 3 aliphatic rings. The van der Waals surface area contributed by atoms with Crippen molar-refractivity contribution < 1.29 is 9.84 Å². The Morgan fingerprint density at radius 2 is 1.91 bits per heavy atom. The molecule has 0 radical (unpaired) electrons. The average Bonchev–Trinajstić information content (AvgIpc) is 3.35. The molecule has 8 nitrogen and oxygen atoms in total. The molecular weight excluding hydrogens is 487 g/mol. The number of hydrogen-bond acceptors (Lipinski definition) is 7. The minimum absolute atomic E-state index is 0.0166. The molecule has 2 aromatic heterocycles. The number of likely N-dealkylation sites (tertiary alicyclic amines) is 1. The van der Waals surface area contributed by atoms with Crippen molar-refractivity contribution in [2.24, 2.45) is 0 Å². The van der Waals surface area contributed by atoms with Crippen molar-refractivity contribution in [3.05, 3.63) is 40.3 Å². The van der Waals surface area contributed by atoms with Crippen LogP contribution < -0.4 is 5.32 Å². The lowest BCUT2D eigenvalue weighted by Crippen LogP contribution is -2.56. The van der Waals surface area contributed by atoms with E-state index in [1.807, 2.05) is 10.7 Å². The Bertz CT molecular complexity index is 1270. The molecule has 0 unspecified atom stereocenters. The normalized spacial score (nSPS) is 26.9. The van der Waals surface area contributed by atoms with Gasteiger partial charge in [0.05, 0.1) is 47.8 Å². The molecule has 1 saturated carbocycles. The third kappa shape index (κ3) is 4.09. The largest absolute Gasteiger partial charge is 0.389 e. The monoisotopic (exact) mass is 516 g/mol. The third-order valence-electron chi connectivity index (χ3n) is 8.19. The number of ether oxygens (including phenoxy) is 1. The molecule has 2 saturated heterocycles. The molecule has 0 bridgehead atoms. The quantitative estimate of drug-likeness (QED) is 0.507. The van der Waals surface area contributed by atoms with E-state index in [1.165, 1.54) is 0 Å². The van der Waals surface area contributed by atoms with Crippen molar-refractivity contribution in [1.82, 2.24) is 24.6 Å². The molecule has 2 atom stereocenters. The second-order valence-corrected chi connectivity index (χ2v) is 11.4. The molecule has 2 N–H and O–H groups in total. The minimum atomic E-state index is -0.446. The Morgan fingerprint density at radius 3 is 2.60 bits per heavy atom. The molecule has 3 fully saturated rings. The Labute approximate surface area is 214 Å². The molecule has 10 heteroatoms. The number of nitrogens with one attached hydrogen (secondary N) is 1. The Morgan fingerprint density at radius 1 is 1.14 bits per heavy atom. The van der Waals surface area contributed by atoms with Crippen molar-refractivity contribution in [2.45, 2.75) is 62.6 Å². The third-order valence-corrected chi connectivity index (χ3v) is 8.88. The Kier molecular flexibility index (Phi) is 5.73. The van der Waals surface area contributed by atoms with Gasteiger partial charge in [-0.05, 0) is 76.2 Å². The summed E-state index contributed by atoms with van der Waals surface area (Å²) in [4.78, 5) is 11.6. The topological polar surface area (TPSA) is 88.3 Å². The van der Waals surface area contributed by atoms with Gasteiger partial charge in [0, 0.05) is 16.6 Å². The number of anilines is 2. The molecule has 186 valence electrons. The lowest BCUT2D eigenvalue weighted by Gasteiger charge is -2.43. The molecule has 6 rings (SSSR count). The summed E-state index contributed by atoms with van der Waals surface area (Å²) in [7, 11) is 0. The van der Waals surface area contributed by atoms with E-state index in [-0.39, 0.29) is 11.1 Å². The van der Waals surface area contributed by atoms with E-state index in [0.717, 1.165) is 60.3 Å². The fraction of sp³-hybridized carbons (Fsp3) is 0.560. The number of benzene rings is 1. The summed E-state index contributed by atoms with van der Waals surface area (Å²) >= 11 is 13.3. The number of aliphatic hydroxyl groups excluding tert-OH is 1. The second-order valence-electron chi connectivity index (χ2n) is 10.7. The van der Waals surface area contributed by atoms with Crippen LogP contribution in [0.4, 0.5) is 11.6 Å². The maximum atomic E-state index is 10.4. The summed E-state index contributed by atoms with van der Waals surface area (Å²) in [6, 6.07) is 4.05. The van der Waals surface area contributed by atoms with E-state index in [2.05, 4.69) is 40.2 Å². The standard InChI is InChI=1S/C25H30Cl2N6O2/c1-24(5-6-24)33-22(27)20(12-29-33)31-23-28-11-16-9-18(26)17(10-19(16)30-23)15-3-7-32(8-4-15)25(2)14-35-13-21(25)34/h9-12,15,21,34H,3-8,13-14H2,1-2H3,(H,28,30,31)/t21-,25+/m0/s1. The first-order valence-corrected chi connectivity index (χ1v) is 13.0. The SMILES string of the molecule is CC1(n2ncc(Nc3ncc4cc(Cl)c(C5CCN([C@]6(C)COC[C@@H]6O)CC5)cc4n3)c2Cl)CC1. The van der Waals surface area contributed by atoms with E-state index in [4.69, 9.17) is 32.9 Å². The van der Waals surface area contributed by atoms with Crippen LogP contribution in [0.2, 0.25) is 10.2 Å². The highest BCUT2D eigenvalue weighted by molar-refractivity contribution is 6.32. The summed E-state index contributed by atoms with van der Waals surface area (Å²) in [5.41, 5.74) is 2.37. The van der Waals surface area contributed by atoms with Crippen LogP contribution in [-0.2, 0) is 10.3 Å². The predicted molar refractivity (Wildman–Crippen MR) is 137 cm³/mol. The van der Waals surface area contributed by atoms with E-state index >= 15 is 0 Å². The second kappa shape index (κ2) is 8.56. The molecule has 4 heterocycles. The van der Waals surface area contributed by atoms with Crippen molar-refractivity contribution in [2.75, 3.05) is 31.6 Å². The first kappa shape index (κ1) is 23.4. The molecule has 35 heavy (non-hydrogen) atoms. The van der Waals surface area contributed by atoms with Crippen LogP contribution >= 0.6 is 23.2 Å². The van der Waals surface area contributed by atoms with Crippen LogP contribution in [0.25, 0.3) is 10.9 Å². The van der Waals surface area contributed by atoms with Crippen molar-refractivity contribution in [3.8, 4) is 0 Å². The fourth-order valence-corrected chi connectivity index (χ4v) is 6.07. The van der Waals surface area contributed by atoms with E-state index in [0.29, 0.717) is 35.9 Å². The number of rotatable bonds is 5. The van der Waals surface area contributed by atoms with Gasteiger partial charge in [-0.1, -0.05) is 23.2 Å². The molecule has 1 aromatic carbocycles. The van der Waals surface area contributed by atoms with Crippen molar-refractivity contribution >= 4 is 45.7 Å². The van der Waals surface area contributed by atoms with Gasteiger partial charge in [-0.3, -0.25) is 4.90 Å². The smallest absolute Gasteiger partial charge is 0.227 e. The molecule has 1 aliphatic carbocycles. The molecular formula is C25H30Cl2N6O2. The Hall–Kier alpha value is -1.97. The molecule has 3 aromatic rings. The number of piperidine rings is 1. The number of aliphatic hydroxyl groups is 1. The van der Waals surface area contributed by atoms with Gasteiger partial charge in [0.25, 0.3) is 0 Å². The Balaban J connectivity index is 1.21. The molecule has 2 aliphatic heterocycles. The van der Waals surface area contributed by atoms with Gasteiger partial charge in [-0.15, -0.1) is 0 Å². The maximum absolute atomic E-state index is 10.4. The van der Waals surface area contributed by atoms with Crippen LogP contribution in [-0.4, -0.2) is 67.7 Å². The predicted octanol–water partition coefficient (Wildman–Crippen LogP) is 4.71. The van der Waals surface area contributed by atoms with Crippen LogP contribution in [0.3, 0.4) is 0 Å². The van der Waals surface area contributed by atoms with E-state index < -0.39 is 6.10 Å². The van der Waals surface area contributed by atoms with Gasteiger partial charge in [0.15, 0.2) is 5.15 Å². The van der Waals surface area contributed by atoms with Crippen LogP contribution in [0.5, 0.6) is 0 Å². The first-order valence-electron chi connectivity index (χ1n) is 12.2. The summed E-state index contributed by atoms with van der Waals surface area (Å²) < 4.78 is 7.41.